The number of carbonyl (C=O) groups is 1. The maximum atomic E-state index is 13.9. The molecule has 0 radical (unpaired) electrons. The molecule has 0 unspecified atom stereocenters. The molecular weight excluding hydrogens is 457 g/mol. The van der Waals surface area contributed by atoms with Crippen LogP contribution in [0.25, 0.3) is 10.9 Å². The van der Waals surface area contributed by atoms with E-state index >= 15 is 0 Å². The first-order valence-electron chi connectivity index (χ1n) is 9.98. The molecule has 0 aliphatic rings. The first-order chi connectivity index (χ1) is 15.6. The summed E-state index contributed by atoms with van der Waals surface area (Å²) >= 11 is 5.82. The normalized spacial score (nSPS) is 12.0. The minimum absolute atomic E-state index is 0.0571. The summed E-state index contributed by atoms with van der Waals surface area (Å²) in [6.07, 6.45) is 4.05. The predicted octanol–water partition coefficient (Wildman–Crippen LogP) is 5.03. The van der Waals surface area contributed by atoms with Gasteiger partial charge in [-0.05, 0) is 57.4 Å². The Hall–Kier alpha value is -3.24. The third-order valence-electron chi connectivity index (χ3n) is 4.55. The van der Waals surface area contributed by atoms with Crippen LogP contribution in [-0.2, 0) is 4.79 Å². The van der Waals surface area contributed by atoms with Gasteiger partial charge in [0.2, 0.25) is 5.91 Å². The lowest BCUT2D eigenvalue weighted by Crippen LogP contribution is -2.19. The van der Waals surface area contributed by atoms with Crippen LogP contribution in [0.4, 0.5) is 30.5 Å². The number of hydrogen-bond donors (Lipinski definition) is 2. The quantitative estimate of drug-likeness (QED) is 0.420. The van der Waals surface area contributed by atoms with E-state index in [1.54, 1.807) is 14.1 Å². The van der Waals surface area contributed by atoms with Crippen molar-refractivity contribution in [3.8, 4) is 0 Å². The highest BCUT2D eigenvalue weighted by atomic mass is 35.5. The number of carbonyl (C=O) groups excluding carboxylic acids is 1. The summed E-state index contributed by atoms with van der Waals surface area (Å²) in [4.78, 5) is 26.3. The number of nitrogens with one attached hydrogen (secondary N) is 2. The van der Waals surface area contributed by atoms with Crippen LogP contribution >= 0.6 is 11.6 Å². The Kier molecular flexibility index (Phi) is 7.83. The monoisotopic (exact) mass is 478 g/mol. The van der Waals surface area contributed by atoms with E-state index in [2.05, 4.69) is 25.6 Å². The third kappa shape index (κ3) is 7.13. The number of benzene rings is 1. The predicted molar refractivity (Wildman–Crippen MR) is 123 cm³/mol. The van der Waals surface area contributed by atoms with E-state index in [0.717, 1.165) is 6.08 Å². The Balaban J connectivity index is 1.73. The summed E-state index contributed by atoms with van der Waals surface area (Å²) in [5, 5.41) is 5.91. The van der Waals surface area contributed by atoms with Crippen molar-refractivity contribution in [3.63, 3.8) is 0 Å². The van der Waals surface area contributed by atoms with Crippen molar-refractivity contribution < 1.29 is 18.0 Å². The van der Waals surface area contributed by atoms with Crippen molar-refractivity contribution >= 4 is 45.7 Å². The third-order valence-corrected chi connectivity index (χ3v) is 4.84. The number of hydrogen-bond acceptors (Lipinski definition) is 6. The van der Waals surface area contributed by atoms with Gasteiger partial charge in [-0.1, -0.05) is 11.6 Å². The standard InChI is InChI=1S/C22H22ClF3N6O/c1-32(2)9-3-7-22(25,26)8-6-20(33)31-19-11-15-18(12-27-19)28-13-29-21(15)30-14-4-5-17(24)16(23)10-14/h4-6,8,10-13H,3,7,9H2,1-2H3,(H,27,31,33)(H,28,29,30)/b8-6+. The maximum Gasteiger partial charge on any atom is 0.267 e. The summed E-state index contributed by atoms with van der Waals surface area (Å²) in [5.74, 6) is -3.90. The van der Waals surface area contributed by atoms with E-state index in [1.165, 1.54) is 36.8 Å². The smallest absolute Gasteiger partial charge is 0.267 e. The first kappa shape index (κ1) is 24.4. The molecule has 0 atom stereocenters. The van der Waals surface area contributed by atoms with Gasteiger partial charge in [0.05, 0.1) is 16.7 Å². The molecule has 33 heavy (non-hydrogen) atoms. The molecule has 0 spiro atoms. The van der Waals surface area contributed by atoms with Crippen LogP contribution in [0.15, 0.2) is 48.9 Å². The highest BCUT2D eigenvalue weighted by molar-refractivity contribution is 6.31. The topological polar surface area (TPSA) is 83.0 Å². The van der Waals surface area contributed by atoms with Crippen LogP contribution in [0.5, 0.6) is 0 Å². The molecule has 1 amide bonds. The summed E-state index contributed by atoms with van der Waals surface area (Å²) in [7, 11) is 3.61. The minimum atomic E-state index is -3.09. The minimum Gasteiger partial charge on any atom is -0.340 e. The molecular formula is C22H22ClF3N6O. The molecule has 1 aromatic carbocycles. The van der Waals surface area contributed by atoms with Crippen LogP contribution in [-0.4, -0.2) is 52.3 Å². The average molecular weight is 479 g/mol. The number of fused-ring (bicyclic) bond motifs is 1. The van der Waals surface area contributed by atoms with Crippen molar-refractivity contribution in [1.82, 2.24) is 19.9 Å². The fraction of sp³-hybridized carbons (Fsp3) is 0.273. The van der Waals surface area contributed by atoms with Crippen LogP contribution in [0.3, 0.4) is 0 Å². The number of alkyl halides is 2. The van der Waals surface area contributed by atoms with Gasteiger partial charge in [0.25, 0.3) is 5.92 Å². The molecule has 2 aromatic heterocycles. The molecule has 0 saturated carbocycles. The highest BCUT2D eigenvalue weighted by Gasteiger charge is 2.24. The number of amides is 1. The Bertz CT molecular complexity index is 1170. The molecule has 174 valence electrons. The van der Waals surface area contributed by atoms with E-state index in [9.17, 15) is 18.0 Å². The number of rotatable bonds is 9. The molecule has 0 aliphatic carbocycles. The zero-order chi connectivity index (χ0) is 24.0. The number of halogens is 4. The number of pyridine rings is 1. The van der Waals surface area contributed by atoms with Gasteiger partial charge in [0.15, 0.2) is 0 Å². The lowest BCUT2D eigenvalue weighted by atomic mass is 10.1. The Morgan fingerprint density at radius 2 is 2.00 bits per heavy atom. The van der Waals surface area contributed by atoms with Crippen LogP contribution < -0.4 is 10.6 Å². The van der Waals surface area contributed by atoms with E-state index < -0.39 is 17.6 Å². The lowest BCUT2D eigenvalue weighted by Gasteiger charge is -2.14. The van der Waals surface area contributed by atoms with Gasteiger partial charge in [-0.15, -0.1) is 0 Å². The molecule has 2 N–H and O–H groups in total. The average Bonchev–Trinajstić information content (AvgIpc) is 2.75. The van der Waals surface area contributed by atoms with Crippen molar-refractivity contribution in [2.24, 2.45) is 0 Å². The first-order valence-corrected chi connectivity index (χ1v) is 10.4. The van der Waals surface area contributed by atoms with E-state index in [-0.39, 0.29) is 17.3 Å². The van der Waals surface area contributed by atoms with Gasteiger partial charge in [0, 0.05) is 23.6 Å². The Morgan fingerprint density at radius 1 is 1.21 bits per heavy atom. The molecule has 0 aliphatic heterocycles. The molecule has 11 heteroatoms. The van der Waals surface area contributed by atoms with E-state index in [1.807, 2.05) is 4.90 Å². The second kappa shape index (κ2) is 10.6. The fourth-order valence-electron chi connectivity index (χ4n) is 2.92. The van der Waals surface area contributed by atoms with E-state index in [0.29, 0.717) is 41.4 Å². The zero-order valence-electron chi connectivity index (χ0n) is 17.9. The number of anilines is 3. The zero-order valence-corrected chi connectivity index (χ0v) is 18.7. The molecule has 7 nitrogen and oxygen atoms in total. The fourth-order valence-corrected chi connectivity index (χ4v) is 3.10. The summed E-state index contributed by atoms with van der Waals surface area (Å²) in [5.41, 5.74) is 0.963. The summed E-state index contributed by atoms with van der Waals surface area (Å²) in [6.45, 7) is 0.527. The second-order valence-corrected chi connectivity index (χ2v) is 7.96. The largest absolute Gasteiger partial charge is 0.340 e. The van der Waals surface area contributed by atoms with Crippen molar-refractivity contribution in [2.75, 3.05) is 31.3 Å². The van der Waals surface area contributed by atoms with Crippen LogP contribution in [0.1, 0.15) is 12.8 Å². The molecule has 3 rings (SSSR count). The number of nitrogens with zero attached hydrogens (tertiary/aromatic N) is 4. The SMILES string of the molecule is CN(C)CCCC(F)(F)/C=C/C(=O)Nc1cc2c(Nc3ccc(F)c(Cl)c3)ncnc2cn1. The summed E-state index contributed by atoms with van der Waals surface area (Å²) in [6, 6.07) is 5.61. The van der Waals surface area contributed by atoms with Crippen molar-refractivity contribution in [1.29, 1.82) is 0 Å². The molecule has 0 bridgehead atoms. The Labute approximate surface area is 193 Å². The van der Waals surface area contributed by atoms with Gasteiger partial charge < -0.3 is 15.5 Å². The molecule has 0 fully saturated rings. The maximum absolute atomic E-state index is 13.9. The molecule has 0 saturated heterocycles. The Morgan fingerprint density at radius 3 is 2.73 bits per heavy atom. The van der Waals surface area contributed by atoms with Gasteiger partial charge in [-0.25, -0.2) is 28.1 Å². The van der Waals surface area contributed by atoms with Crippen molar-refractivity contribution in [3.05, 3.63) is 59.8 Å². The number of aromatic nitrogens is 3. The van der Waals surface area contributed by atoms with Gasteiger partial charge in [0.1, 0.15) is 23.8 Å². The lowest BCUT2D eigenvalue weighted by molar-refractivity contribution is -0.112. The highest BCUT2D eigenvalue weighted by Crippen LogP contribution is 2.27. The van der Waals surface area contributed by atoms with Crippen LogP contribution in [0.2, 0.25) is 5.02 Å². The molecule has 3 aromatic rings. The molecule has 2 heterocycles. The van der Waals surface area contributed by atoms with Gasteiger partial charge in [-0.2, -0.15) is 0 Å². The van der Waals surface area contributed by atoms with Crippen molar-refractivity contribution in [2.45, 2.75) is 18.8 Å². The second-order valence-electron chi connectivity index (χ2n) is 7.55. The van der Waals surface area contributed by atoms with Gasteiger partial charge >= 0.3 is 0 Å². The number of allylic oxidation sites excluding steroid dienone is 1. The van der Waals surface area contributed by atoms with E-state index in [4.69, 9.17) is 11.6 Å². The van der Waals surface area contributed by atoms with Gasteiger partial charge in [-0.3, -0.25) is 4.79 Å². The van der Waals surface area contributed by atoms with Crippen LogP contribution in [0, 0.1) is 5.82 Å². The summed E-state index contributed by atoms with van der Waals surface area (Å²) < 4.78 is 41.3.